The van der Waals surface area contributed by atoms with Crippen LogP contribution >= 0.6 is 0 Å². The minimum Gasteiger partial charge on any atom is -0.207 e. The maximum atomic E-state index is 13.7. The second kappa shape index (κ2) is 9.99. The third-order valence-corrected chi connectivity index (χ3v) is 5.17. The molecule has 4 aromatic rings. The zero-order chi connectivity index (χ0) is 24.3. The van der Waals surface area contributed by atoms with Crippen LogP contribution in [0.2, 0.25) is 0 Å². The molecule has 0 amide bonds. The molecular formula is C28H23F5. The summed E-state index contributed by atoms with van der Waals surface area (Å²) >= 11 is 0. The van der Waals surface area contributed by atoms with Crippen molar-refractivity contribution in [2.75, 3.05) is 0 Å². The Morgan fingerprint density at radius 3 is 1.21 bits per heavy atom. The Hall–Kier alpha value is -3.47. The van der Waals surface area contributed by atoms with E-state index in [2.05, 4.69) is 0 Å². The van der Waals surface area contributed by atoms with Gasteiger partial charge in [0.1, 0.15) is 29.1 Å². The predicted octanol–water partition coefficient (Wildman–Crippen LogP) is 8.64. The van der Waals surface area contributed by atoms with Crippen molar-refractivity contribution in [2.45, 2.75) is 27.7 Å². The van der Waals surface area contributed by atoms with Crippen molar-refractivity contribution < 1.29 is 22.0 Å². The molecule has 0 saturated carbocycles. The van der Waals surface area contributed by atoms with E-state index < -0.39 is 29.1 Å². The van der Waals surface area contributed by atoms with Gasteiger partial charge in [-0.3, -0.25) is 0 Å². The first-order valence-electron chi connectivity index (χ1n) is 10.3. The van der Waals surface area contributed by atoms with Crippen LogP contribution in [0.1, 0.15) is 22.3 Å². The fourth-order valence-electron chi connectivity index (χ4n) is 3.42. The predicted molar refractivity (Wildman–Crippen MR) is 122 cm³/mol. The van der Waals surface area contributed by atoms with Gasteiger partial charge in [-0.2, -0.15) is 0 Å². The fraction of sp³-hybridized carbons (Fsp3) is 0.143. The standard InChI is InChI=1S/C14H11F3.C14H12F2/c1-8-5-12(16)14(13(17)6-8)10-4-3-9(2)11(15)7-10;1-9-3-5-11(6-4-9)14-12(15)7-10(2)8-13(14)16/h3-7H,1-2H3;3-8H,1-2H3. The summed E-state index contributed by atoms with van der Waals surface area (Å²) < 4.78 is 68.0. The number of rotatable bonds is 2. The van der Waals surface area contributed by atoms with Crippen molar-refractivity contribution in [3.63, 3.8) is 0 Å². The Morgan fingerprint density at radius 1 is 0.394 bits per heavy atom. The highest BCUT2D eigenvalue weighted by atomic mass is 19.1. The lowest BCUT2D eigenvalue weighted by Crippen LogP contribution is -1.93. The Morgan fingerprint density at radius 2 is 0.788 bits per heavy atom. The summed E-state index contributed by atoms with van der Waals surface area (Å²) in [6.45, 7) is 6.81. The fourth-order valence-corrected chi connectivity index (χ4v) is 3.42. The molecule has 0 saturated heterocycles. The molecule has 4 rings (SSSR count). The first-order valence-corrected chi connectivity index (χ1v) is 10.3. The monoisotopic (exact) mass is 454 g/mol. The second-order valence-electron chi connectivity index (χ2n) is 8.04. The van der Waals surface area contributed by atoms with E-state index in [4.69, 9.17) is 0 Å². The molecular weight excluding hydrogens is 431 g/mol. The highest BCUT2D eigenvalue weighted by Gasteiger charge is 2.14. The topological polar surface area (TPSA) is 0 Å². The highest BCUT2D eigenvalue weighted by molar-refractivity contribution is 5.66. The largest absolute Gasteiger partial charge is 0.207 e. The van der Waals surface area contributed by atoms with Gasteiger partial charge in [0.05, 0.1) is 11.1 Å². The Labute approximate surface area is 190 Å². The van der Waals surface area contributed by atoms with Crippen LogP contribution in [0.3, 0.4) is 0 Å². The Balaban J connectivity index is 0.000000186. The maximum absolute atomic E-state index is 13.7. The van der Waals surface area contributed by atoms with Crippen LogP contribution < -0.4 is 0 Å². The van der Waals surface area contributed by atoms with Crippen molar-refractivity contribution in [3.8, 4) is 22.3 Å². The van der Waals surface area contributed by atoms with E-state index in [1.807, 2.05) is 19.1 Å². The van der Waals surface area contributed by atoms with E-state index in [-0.39, 0.29) is 16.7 Å². The quantitative estimate of drug-likeness (QED) is 0.266. The molecule has 0 unspecified atom stereocenters. The van der Waals surface area contributed by atoms with Crippen molar-refractivity contribution in [1.82, 2.24) is 0 Å². The molecule has 0 aliphatic carbocycles. The molecule has 0 radical (unpaired) electrons. The third kappa shape index (κ3) is 5.67. The average molecular weight is 454 g/mol. The van der Waals surface area contributed by atoms with E-state index >= 15 is 0 Å². The summed E-state index contributed by atoms with van der Waals surface area (Å²) in [7, 11) is 0. The van der Waals surface area contributed by atoms with Gasteiger partial charge in [-0.1, -0.05) is 42.0 Å². The number of halogens is 5. The summed E-state index contributed by atoms with van der Waals surface area (Å²) in [4.78, 5) is 0. The average Bonchev–Trinajstić information content (AvgIpc) is 2.71. The van der Waals surface area contributed by atoms with E-state index in [1.165, 1.54) is 36.4 Å². The molecule has 0 aliphatic heterocycles. The SMILES string of the molecule is Cc1cc(F)c(-c2ccc(C)c(F)c2)c(F)c1.Cc1ccc(-c2c(F)cc(C)cc2F)cc1. The van der Waals surface area contributed by atoms with Crippen LogP contribution in [0.5, 0.6) is 0 Å². The molecule has 4 aromatic carbocycles. The van der Waals surface area contributed by atoms with E-state index in [1.54, 1.807) is 32.9 Å². The molecule has 33 heavy (non-hydrogen) atoms. The molecule has 0 nitrogen and oxygen atoms in total. The second-order valence-corrected chi connectivity index (χ2v) is 8.04. The Bertz CT molecular complexity index is 1240. The van der Waals surface area contributed by atoms with Crippen LogP contribution in [-0.2, 0) is 0 Å². The zero-order valence-corrected chi connectivity index (χ0v) is 18.7. The van der Waals surface area contributed by atoms with Gasteiger partial charge in [0, 0.05) is 0 Å². The molecule has 0 N–H and O–H groups in total. The smallest absolute Gasteiger partial charge is 0.134 e. The van der Waals surface area contributed by atoms with E-state index in [0.29, 0.717) is 22.3 Å². The van der Waals surface area contributed by atoms with Crippen LogP contribution in [0.4, 0.5) is 22.0 Å². The molecule has 0 heterocycles. The first kappa shape index (κ1) is 24.2. The van der Waals surface area contributed by atoms with Crippen molar-refractivity contribution in [3.05, 3.63) is 118 Å². The summed E-state index contributed by atoms with van der Waals surface area (Å²) in [5.74, 6) is -2.85. The summed E-state index contributed by atoms with van der Waals surface area (Å²) in [6.07, 6.45) is 0. The summed E-state index contributed by atoms with van der Waals surface area (Å²) in [6, 6.07) is 16.5. The van der Waals surface area contributed by atoms with E-state index in [9.17, 15) is 22.0 Å². The normalized spacial score (nSPS) is 10.6. The van der Waals surface area contributed by atoms with Crippen molar-refractivity contribution in [1.29, 1.82) is 0 Å². The third-order valence-electron chi connectivity index (χ3n) is 5.17. The van der Waals surface area contributed by atoms with Gasteiger partial charge in [0.25, 0.3) is 0 Å². The van der Waals surface area contributed by atoms with Gasteiger partial charge in [0.2, 0.25) is 0 Å². The lowest BCUT2D eigenvalue weighted by molar-refractivity contribution is 0.586. The number of hydrogen-bond acceptors (Lipinski definition) is 0. The van der Waals surface area contributed by atoms with Gasteiger partial charge >= 0.3 is 0 Å². The van der Waals surface area contributed by atoms with Crippen LogP contribution in [-0.4, -0.2) is 0 Å². The molecule has 170 valence electrons. The van der Waals surface area contributed by atoms with Gasteiger partial charge in [0.15, 0.2) is 0 Å². The van der Waals surface area contributed by atoms with E-state index in [0.717, 1.165) is 11.6 Å². The summed E-state index contributed by atoms with van der Waals surface area (Å²) in [5.41, 5.74) is 3.24. The molecule has 0 atom stereocenters. The summed E-state index contributed by atoms with van der Waals surface area (Å²) in [5, 5.41) is 0. The van der Waals surface area contributed by atoms with Crippen LogP contribution in [0, 0.1) is 56.8 Å². The lowest BCUT2D eigenvalue weighted by atomic mass is 10.0. The number of aryl methyl sites for hydroxylation is 4. The molecule has 5 heteroatoms. The maximum Gasteiger partial charge on any atom is 0.134 e. The van der Waals surface area contributed by atoms with Gasteiger partial charge in [-0.25, -0.2) is 22.0 Å². The Kier molecular flexibility index (Phi) is 7.32. The zero-order valence-electron chi connectivity index (χ0n) is 18.7. The van der Waals surface area contributed by atoms with Crippen molar-refractivity contribution in [2.24, 2.45) is 0 Å². The van der Waals surface area contributed by atoms with Crippen LogP contribution in [0.15, 0.2) is 66.7 Å². The van der Waals surface area contributed by atoms with Crippen LogP contribution in [0.25, 0.3) is 22.3 Å². The minimum atomic E-state index is -0.675. The number of benzene rings is 4. The molecule has 0 aromatic heterocycles. The highest BCUT2D eigenvalue weighted by Crippen LogP contribution is 2.29. The first-order chi connectivity index (χ1) is 15.6. The molecule has 0 spiro atoms. The molecule has 0 fully saturated rings. The van der Waals surface area contributed by atoms with Crippen molar-refractivity contribution >= 4 is 0 Å². The molecule has 0 aliphatic rings. The van der Waals surface area contributed by atoms with Gasteiger partial charge in [-0.15, -0.1) is 0 Å². The van der Waals surface area contributed by atoms with Gasteiger partial charge < -0.3 is 0 Å². The molecule has 0 bridgehead atoms. The number of hydrogen-bond donors (Lipinski definition) is 0. The lowest BCUT2D eigenvalue weighted by Gasteiger charge is -2.07. The van der Waals surface area contributed by atoms with Gasteiger partial charge in [-0.05, 0) is 85.8 Å². The minimum absolute atomic E-state index is 0.0469.